The van der Waals surface area contributed by atoms with Gasteiger partial charge in [0.15, 0.2) is 5.65 Å². The van der Waals surface area contributed by atoms with E-state index < -0.39 is 24.3 Å². The lowest BCUT2D eigenvalue weighted by molar-refractivity contribution is -0.193. The molecule has 4 heterocycles. The maximum Gasteiger partial charge on any atom is 0.490 e. The summed E-state index contributed by atoms with van der Waals surface area (Å²) in [5.41, 5.74) is 9.97. The van der Waals surface area contributed by atoms with Crippen LogP contribution in [0.2, 0.25) is 0 Å². The zero-order chi connectivity index (χ0) is 36.5. The van der Waals surface area contributed by atoms with Crippen molar-refractivity contribution < 1.29 is 50.9 Å². The van der Waals surface area contributed by atoms with E-state index in [1.807, 2.05) is 46.6 Å². The van der Waals surface area contributed by atoms with Crippen molar-refractivity contribution in [3.8, 4) is 0 Å². The summed E-state index contributed by atoms with van der Waals surface area (Å²) in [5.74, 6) is -5.21. The summed E-state index contributed by atoms with van der Waals surface area (Å²) in [6.45, 7) is 4.67. The summed E-state index contributed by atoms with van der Waals surface area (Å²) in [7, 11) is 2.14. The summed E-state index contributed by atoms with van der Waals surface area (Å²) < 4.78 is 67.4. The van der Waals surface area contributed by atoms with Gasteiger partial charge in [0.1, 0.15) is 5.82 Å². The van der Waals surface area contributed by atoms with Crippen molar-refractivity contribution in [1.82, 2.24) is 29.0 Å². The van der Waals surface area contributed by atoms with Gasteiger partial charge in [0, 0.05) is 23.7 Å². The fourth-order valence-corrected chi connectivity index (χ4v) is 5.03. The maximum atomic E-state index is 13.1. The number of amides is 1. The molecule has 4 aromatic rings. The number of carboxylic acid groups (broad SMARTS) is 2. The Labute approximate surface area is 275 Å². The lowest BCUT2D eigenvalue weighted by Crippen LogP contribution is -2.21. The van der Waals surface area contributed by atoms with Crippen LogP contribution >= 0.6 is 0 Å². The number of nitrogens with two attached hydrogens (primary N) is 1. The van der Waals surface area contributed by atoms with Gasteiger partial charge in [-0.25, -0.2) is 19.6 Å². The summed E-state index contributed by atoms with van der Waals surface area (Å²) in [6.07, 6.45) is 2.07. The molecule has 0 unspecified atom stereocenters. The van der Waals surface area contributed by atoms with E-state index in [2.05, 4.69) is 22.2 Å². The minimum Gasteiger partial charge on any atom is -0.475 e. The van der Waals surface area contributed by atoms with Crippen LogP contribution in [0.25, 0.3) is 16.6 Å². The van der Waals surface area contributed by atoms with Gasteiger partial charge in [0.2, 0.25) is 0 Å². The van der Waals surface area contributed by atoms with Crippen LogP contribution in [0.1, 0.15) is 66.3 Å². The molecule has 0 radical (unpaired) electrons. The lowest BCUT2D eigenvalue weighted by Gasteiger charge is -2.16. The van der Waals surface area contributed by atoms with E-state index in [1.165, 1.54) is 6.42 Å². The number of hydrogen-bond donors (Lipinski definition) is 4. The van der Waals surface area contributed by atoms with Gasteiger partial charge >= 0.3 is 24.3 Å². The summed E-state index contributed by atoms with van der Waals surface area (Å²) in [6, 6.07) is 6.10. The molecular weight excluding hydrogens is 666 g/mol. The Bertz CT molecular complexity index is 1730. The topological polar surface area (TPSA) is 181 Å². The number of hydrogen-bond acceptors (Lipinski definition) is 8. The number of aryl methyl sites for hydroxylation is 2. The Hall–Kier alpha value is -4.78. The number of likely N-dealkylation sites (tertiary alicyclic amines) is 1. The van der Waals surface area contributed by atoms with Gasteiger partial charge < -0.3 is 25.7 Å². The molecule has 49 heavy (non-hydrogen) atoms. The molecular formula is C30H36F6N8O5. The first-order valence-electron chi connectivity index (χ1n) is 15.1. The normalized spacial score (nSPS) is 15.0. The standard InChI is InChI=1S/C26H34N8O.2C2HF3O2/c1-18-20-10-9-19(14-23(20)34(31-18)13-6-4-3-5-11-27)26(35)30-24-17-33-16-21(29-25(33)15-28-24)22-8-7-12-32(22)2;2*3-2(4,5)1(6)7/h9-10,14-17,22H,3-8,11-13,27H2,1-2H3,(H,30,35);2*(H,6,7)/t22-;;/m1../s1. The number of nitrogens with one attached hydrogen (secondary N) is 1. The third-order valence-corrected chi connectivity index (χ3v) is 7.47. The van der Waals surface area contributed by atoms with Crippen molar-refractivity contribution in [2.75, 3.05) is 25.5 Å². The van der Waals surface area contributed by atoms with Crippen LogP contribution in [0, 0.1) is 6.92 Å². The lowest BCUT2D eigenvalue weighted by atomic mass is 10.1. The Morgan fingerprint density at radius 3 is 2.20 bits per heavy atom. The van der Waals surface area contributed by atoms with E-state index in [0.717, 1.165) is 79.7 Å². The molecule has 1 aromatic carbocycles. The van der Waals surface area contributed by atoms with E-state index in [4.69, 9.17) is 35.6 Å². The number of carbonyl (C=O) groups excluding carboxylic acids is 1. The number of carbonyl (C=O) groups is 3. The van der Waals surface area contributed by atoms with Crippen molar-refractivity contribution in [3.05, 3.63) is 53.7 Å². The van der Waals surface area contributed by atoms with Crippen LogP contribution in [0.5, 0.6) is 0 Å². The summed E-state index contributed by atoms with van der Waals surface area (Å²) in [5, 5.41) is 23.0. The van der Waals surface area contributed by atoms with Crippen LogP contribution in [0.15, 0.2) is 36.8 Å². The molecule has 0 saturated carbocycles. The first-order valence-corrected chi connectivity index (χ1v) is 15.1. The number of fused-ring (bicyclic) bond motifs is 2. The van der Waals surface area contributed by atoms with Gasteiger partial charge in [0.05, 0.1) is 35.3 Å². The van der Waals surface area contributed by atoms with Crippen molar-refractivity contribution in [3.63, 3.8) is 0 Å². The van der Waals surface area contributed by atoms with E-state index in [9.17, 15) is 31.1 Å². The van der Waals surface area contributed by atoms with Gasteiger partial charge in [-0.05, 0) is 64.9 Å². The number of benzene rings is 1. The Morgan fingerprint density at radius 1 is 1.00 bits per heavy atom. The molecule has 3 aromatic heterocycles. The summed E-state index contributed by atoms with van der Waals surface area (Å²) in [4.78, 5) is 42.4. The van der Waals surface area contributed by atoms with Gasteiger partial charge in [-0.2, -0.15) is 31.4 Å². The minimum absolute atomic E-state index is 0.192. The van der Waals surface area contributed by atoms with Gasteiger partial charge in [-0.3, -0.25) is 14.4 Å². The average molecular weight is 703 g/mol. The van der Waals surface area contributed by atoms with Crippen LogP contribution < -0.4 is 11.1 Å². The second-order valence-electron chi connectivity index (χ2n) is 11.1. The molecule has 5 N–H and O–H groups in total. The number of nitrogens with zero attached hydrogens (tertiary/aromatic N) is 6. The Kier molecular flexibility index (Phi) is 13.1. The smallest absolute Gasteiger partial charge is 0.475 e. The average Bonchev–Trinajstić information content (AvgIpc) is 3.72. The fraction of sp³-hybridized carbons (Fsp3) is 0.467. The van der Waals surface area contributed by atoms with E-state index in [1.54, 1.807) is 6.20 Å². The fourth-order valence-electron chi connectivity index (χ4n) is 5.03. The number of halogens is 6. The predicted molar refractivity (Wildman–Crippen MR) is 165 cm³/mol. The highest BCUT2D eigenvalue weighted by atomic mass is 19.4. The minimum atomic E-state index is -5.08. The quantitative estimate of drug-likeness (QED) is 0.134. The molecule has 5 rings (SSSR count). The van der Waals surface area contributed by atoms with E-state index in [-0.39, 0.29) is 5.91 Å². The highest BCUT2D eigenvalue weighted by Crippen LogP contribution is 2.30. The number of carboxylic acids is 2. The zero-order valence-corrected chi connectivity index (χ0v) is 26.6. The first-order chi connectivity index (χ1) is 22.9. The molecule has 0 spiro atoms. The number of anilines is 1. The molecule has 268 valence electrons. The van der Waals surface area contributed by atoms with E-state index in [0.29, 0.717) is 17.4 Å². The highest BCUT2D eigenvalue weighted by Gasteiger charge is 2.39. The maximum absolute atomic E-state index is 13.1. The molecule has 19 heteroatoms. The van der Waals surface area contributed by atoms with Crippen LogP contribution in [0.4, 0.5) is 32.2 Å². The molecule has 1 amide bonds. The monoisotopic (exact) mass is 702 g/mol. The van der Waals surface area contributed by atoms with Crippen molar-refractivity contribution in [1.29, 1.82) is 0 Å². The van der Waals surface area contributed by atoms with Gasteiger partial charge in [-0.1, -0.05) is 18.9 Å². The largest absolute Gasteiger partial charge is 0.490 e. The number of rotatable bonds is 9. The predicted octanol–water partition coefficient (Wildman–Crippen LogP) is 5.19. The van der Waals surface area contributed by atoms with Crippen molar-refractivity contribution in [2.24, 2.45) is 5.73 Å². The molecule has 1 saturated heterocycles. The molecule has 1 aliphatic heterocycles. The number of aliphatic carboxylic acids is 2. The number of unbranched alkanes of at least 4 members (excludes halogenated alkanes) is 3. The molecule has 13 nitrogen and oxygen atoms in total. The third-order valence-electron chi connectivity index (χ3n) is 7.47. The molecule has 1 fully saturated rings. The molecule has 1 aliphatic rings. The van der Waals surface area contributed by atoms with Gasteiger partial charge in [-0.15, -0.1) is 0 Å². The summed E-state index contributed by atoms with van der Waals surface area (Å²) >= 11 is 0. The third kappa shape index (κ3) is 10.9. The van der Waals surface area contributed by atoms with Crippen LogP contribution in [-0.4, -0.2) is 89.6 Å². The van der Waals surface area contributed by atoms with Crippen LogP contribution in [0.3, 0.4) is 0 Å². The van der Waals surface area contributed by atoms with Crippen molar-refractivity contribution >= 4 is 40.2 Å². The Morgan fingerprint density at radius 2 is 1.63 bits per heavy atom. The molecule has 0 aliphatic carbocycles. The Balaban J connectivity index is 0.000000392. The first kappa shape index (κ1) is 38.7. The van der Waals surface area contributed by atoms with Crippen molar-refractivity contribution in [2.45, 2.75) is 70.4 Å². The zero-order valence-electron chi connectivity index (χ0n) is 26.6. The van der Waals surface area contributed by atoms with E-state index >= 15 is 0 Å². The number of alkyl halides is 6. The van der Waals surface area contributed by atoms with Gasteiger partial charge in [0.25, 0.3) is 5.91 Å². The number of aromatic nitrogens is 5. The highest BCUT2D eigenvalue weighted by molar-refractivity contribution is 6.05. The number of imidazole rings is 1. The molecule has 1 atom stereocenters. The van der Waals surface area contributed by atoms with Crippen LogP contribution in [-0.2, 0) is 16.1 Å². The molecule has 0 bridgehead atoms. The SMILES string of the molecule is Cc1nn(CCCCCCN)c2cc(C(=O)Nc3cn4cc([C@H]5CCCN5C)nc4cn3)ccc12.O=C(O)C(F)(F)F.O=C(O)C(F)(F)F. The second-order valence-corrected chi connectivity index (χ2v) is 11.1. The second kappa shape index (κ2) is 16.6.